The van der Waals surface area contributed by atoms with Crippen LogP contribution >= 0.6 is 11.3 Å². The van der Waals surface area contributed by atoms with E-state index in [1.807, 2.05) is 0 Å². The number of thiophene rings is 1. The second-order valence-electron chi connectivity index (χ2n) is 3.46. The third kappa shape index (κ3) is 2.71. The Balaban J connectivity index is 2.52. The van der Waals surface area contributed by atoms with Crippen LogP contribution in [0.15, 0.2) is 39.9 Å². The van der Waals surface area contributed by atoms with Gasteiger partial charge in [-0.05, 0) is 23.6 Å². The zero-order chi connectivity index (χ0) is 14.0. The highest BCUT2D eigenvalue weighted by molar-refractivity contribution is 7.92. The molecule has 0 fully saturated rings. The van der Waals surface area contributed by atoms with Crippen molar-refractivity contribution in [2.75, 3.05) is 4.72 Å². The smallest absolute Gasteiger partial charge is 0.279 e. The van der Waals surface area contributed by atoms with E-state index in [9.17, 15) is 22.9 Å². The maximum atomic E-state index is 13.4. The zero-order valence-corrected chi connectivity index (χ0v) is 10.9. The van der Waals surface area contributed by atoms with Gasteiger partial charge in [0.1, 0.15) is 0 Å². The first-order valence-electron chi connectivity index (χ1n) is 4.90. The molecule has 0 atom stereocenters. The molecule has 1 heterocycles. The Kier molecular flexibility index (Phi) is 3.49. The number of hydrogen-bond acceptors (Lipinski definition) is 5. The van der Waals surface area contributed by atoms with Crippen LogP contribution in [0.1, 0.15) is 0 Å². The van der Waals surface area contributed by atoms with E-state index in [1.54, 1.807) is 5.38 Å². The Bertz CT molecular complexity index is 713. The highest BCUT2D eigenvalue weighted by Crippen LogP contribution is 2.28. The van der Waals surface area contributed by atoms with Crippen LogP contribution in [0.2, 0.25) is 0 Å². The van der Waals surface area contributed by atoms with Crippen molar-refractivity contribution in [1.82, 2.24) is 0 Å². The molecule has 0 bridgehead atoms. The van der Waals surface area contributed by atoms with Gasteiger partial charge in [-0.15, -0.1) is 0 Å². The second-order valence-corrected chi connectivity index (χ2v) is 5.89. The van der Waals surface area contributed by atoms with Crippen LogP contribution in [-0.4, -0.2) is 13.3 Å². The summed E-state index contributed by atoms with van der Waals surface area (Å²) in [4.78, 5) is 9.00. The highest BCUT2D eigenvalue weighted by atomic mass is 32.2. The third-order valence-corrected chi connectivity index (χ3v) is 4.29. The van der Waals surface area contributed by atoms with Crippen molar-refractivity contribution in [3.8, 4) is 0 Å². The summed E-state index contributed by atoms with van der Waals surface area (Å²) in [6.45, 7) is 0. The highest BCUT2D eigenvalue weighted by Gasteiger charge is 2.29. The average Bonchev–Trinajstić information content (AvgIpc) is 2.80. The molecule has 0 saturated carbocycles. The van der Waals surface area contributed by atoms with E-state index in [2.05, 4.69) is 4.72 Å². The minimum atomic E-state index is -4.21. The third-order valence-electron chi connectivity index (χ3n) is 2.20. The summed E-state index contributed by atoms with van der Waals surface area (Å²) in [6.07, 6.45) is 0. The van der Waals surface area contributed by atoms with Crippen LogP contribution in [0.3, 0.4) is 0 Å². The van der Waals surface area contributed by atoms with E-state index in [1.165, 1.54) is 22.8 Å². The van der Waals surface area contributed by atoms with E-state index in [0.717, 1.165) is 18.2 Å². The molecule has 19 heavy (non-hydrogen) atoms. The minimum absolute atomic E-state index is 0.267. The van der Waals surface area contributed by atoms with Crippen LogP contribution in [0.25, 0.3) is 0 Å². The predicted octanol–water partition coefficient (Wildman–Crippen LogP) is 2.60. The van der Waals surface area contributed by atoms with Crippen molar-refractivity contribution in [3.63, 3.8) is 0 Å². The predicted molar refractivity (Wildman–Crippen MR) is 68.2 cm³/mol. The molecule has 0 radical (unpaired) electrons. The number of nitrogens with zero attached hydrogens (tertiary/aromatic N) is 1. The van der Waals surface area contributed by atoms with E-state index in [0.29, 0.717) is 0 Å². The molecule has 0 unspecified atom stereocenters. The van der Waals surface area contributed by atoms with Gasteiger partial charge in [0.05, 0.1) is 10.6 Å². The molecule has 0 saturated heterocycles. The number of nitro groups is 1. The largest absolute Gasteiger partial charge is 0.325 e. The molecule has 2 rings (SSSR count). The molecule has 0 aliphatic heterocycles. The SMILES string of the molecule is O=[N+]([O-])c1c(F)cccc1S(=O)(=O)Nc1ccsc1. The Morgan fingerprint density at radius 1 is 1.32 bits per heavy atom. The number of rotatable bonds is 4. The van der Waals surface area contributed by atoms with Crippen LogP contribution in [0.5, 0.6) is 0 Å². The van der Waals surface area contributed by atoms with Crippen molar-refractivity contribution in [3.05, 3.63) is 51.0 Å². The number of sulfonamides is 1. The van der Waals surface area contributed by atoms with Crippen molar-refractivity contribution in [2.24, 2.45) is 0 Å². The first-order chi connectivity index (χ1) is 8.92. The summed E-state index contributed by atoms with van der Waals surface area (Å²) < 4.78 is 39.5. The summed E-state index contributed by atoms with van der Waals surface area (Å²) in [7, 11) is -4.21. The monoisotopic (exact) mass is 302 g/mol. The lowest BCUT2D eigenvalue weighted by Crippen LogP contribution is -2.15. The summed E-state index contributed by atoms with van der Waals surface area (Å²) in [5.41, 5.74) is -0.797. The van der Waals surface area contributed by atoms with Gasteiger partial charge in [0.25, 0.3) is 10.0 Å². The van der Waals surface area contributed by atoms with E-state index in [-0.39, 0.29) is 5.69 Å². The Labute approximate surface area is 111 Å². The molecule has 1 N–H and O–H groups in total. The van der Waals surface area contributed by atoms with E-state index < -0.39 is 31.3 Å². The lowest BCUT2D eigenvalue weighted by molar-refractivity contribution is -0.390. The summed E-state index contributed by atoms with van der Waals surface area (Å²) in [5, 5.41) is 13.9. The lowest BCUT2D eigenvalue weighted by Gasteiger charge is -2.07. The first kappa shape index (κ1) is 13.4. The Morgan fingerprint density at radius 2 is 2.05 bits per heavy atom. The number of nitrogens with one attached hydrogen (secondary N) is 1. The molecule has 1 aromatic carbocycles. The maximum Gasteiger partial charge on any atom is 0.325 e. The van der Waals surface area contributed by atoms with Crippen molar-refractivity contribution < 1.29 is 17.7 Å². The Hall–Kier alpha value is -2.00. The molecular formula is C10H7FN2O4S2. The quantitative estimate of drug-likeness (QED) is 0.694. The molecule has 0 aliphatic rings. The van der Waals surface area contributed by atoms with Crippen molar-refractivity contribution in [2.45, 2.75) is 4.90 Å². The summed E-state index contributed by atoms with van der Waals surface area (Å²) in [5.74, 6) is -1.20. The van der Waals surface area contributed by atoms with Gasteiger partial charge in [-0.3, -0.25) is 14.8 Å². The van der Waals surface area contributed by atoms with Gasteiger partial charge in [0, 0.05) is 5.38 Å². The number of hydrogen-bond donors (Lipinski definition) is 1. The minimum Gasteiger partial charge on any atom is -0.279 e. The van der Waals surface area contributed by atoms with Gasteiger partial charge in [0.15, 0.2) is 4.90 Å². The standard InChI is InChI=1S/C10H7FN2O4S2/c11-8-2-1-3-9(10(8)13(14)15)19(16,17)12-7-4-5-18-6-7/h1-6,12H. The fourth-order valence-corrected chi connectivity index (χ4v) is 3.32. The summed E-state index contributed by atoms with van der Waals surface area (Å²) >= 11 is 1.25. The molecular weight excluding hydrogens is 295 g/mol. The fraction of sp³-hybridized carbons (Fsp3) is 0. The number of nitro benzene ring substituents is 1. The molecule has 0 amide bonds. The molecule has 2 aromatic rings. The number of para-hydroxylation sites is 1. The molecule has 6 nitrogen and oxygen atoms in total. The lowest BCUT2D eigenvalue weighted by atomic mass is 10.3. The topological polar surface area (TPSA) is 89.3 Å². The Morgan fingerprint density at radius 3 is 2.63 bits per heavy atom. The molecule has 9 heteroatoms. The molecule has 0 spiro atoms. The second kappa shape index (κ2) is 4.94. The number of anilines is 1. The van der Waals surface area contributed by atoms with Gasteiger partial charge < -0.3 is 0 Å². The fourth-order valence-electron chi connectivity index (χ4n) is 1.42. The van der Waals surface area contributed by atoms with Gasteiger partial charge in [-0.1, -0.05) is 6.07 Å². The van der Waals surface area contributed by atoms with Crippen LogP contribution < -0.4 is 4.72 Å². The number of halogens is 1. The van der Waals surface area contributed by atoms with Gasteiger partial charge in [0.2, 0.25) is 5.82 Å². The van der Waals surface area contributed by atoms with Crippen molar-refractivity contribution in [1.29, 1.82) is 0 Å². The zero-order valence-electron chi connectivity index (χ0n) is 9.24. The average molecular weight is 302 g/mol. The van der Waals surface area contributed by atoms with Crippen LogP contribution in [-0.2, 0) is 10.0 Å². The summed E-state index contributed by atoms with van der Waals surface area (Å²) in [6, 6.07) is 4.41. The molecule has 0 aliphatic carbocycles. The normalized spacial score (nSPS) is 11.2. The molecule has 100 valence electrons. The van der Waals surface area contributed by atoms with E-state index in [4.69, 9.17) is 0 Å². The first-order valence-corrected chi connectivity index (χ1v) is 7.32. The van der Waals surface area contributed by atoms with Crippen molar-refractivity contribution >= 4 is 32.7 Å². The number of benzene rings is 1. The van der Waals surface area contributed by atoms with Gasteiger partial charge >= 0.3 is 5.69 Å². The van der Waals surface area contributed by atoms with Gasteiger partial charge in [-0.2, -0.15) is 15.7 Å². The van der Waals surface area contributed by atoms with E-state index >= 15 is 0 Å². The molecule has 1 aromatic heterocycles. The van der Waals surface area contributed by atoms with Gasteiger partial charge in [-0.25, -0.2) is 8.42 Å². The van der Waals surface area contributed by atoms with Crippen LogP contribution in [0, 0.1) is 15.9 Å². The maximum absolute atomic E-state index is 13.4. The van der Waals surface area contributed by atoms with Crippen LogP contribution in [0.4, 0.5) is 15.8 Å².